The van der Waals surface area contributed by atoms with Gasteiger partial charge in [0.05, 0.1) is 17.9 Å². The van der Waals surface area contributed by atoms with E-state index in [-0.39, 0.29) is 18.9 Å². The van der Waals surface area contributed by atoms with E-state index in [9.17, 15) is 8.42 Å². The molecule has 0 aliphatic heterocycles. The Bertz CT molecular complexity index is 801. The van der Waals surface area contributed by atoms with Crippen LogP contribution in [-0.4, -0.2) is 33.6 Å². The summed E-state index contributed by atoms with van der Waals surface area (Å²) in [6, 6.07) is 11.6. The second kappa shape index (κ2) is 6.61. The molecule has 0 amide bonds. The lowest BCUT2D eigenvalue weighted by Crippen LogP contribution is -2.12. The van der Waals surface area contributed by atoms with E-state index >= 15 is 0 Å². The van der Waals surface area contributed by atoms with E-state index in [0.717, 1.165) is 16.3 Å². The summed E-state index contributed by atoms with van der Waals surface area (Å²) in [5.41, 5.74) is 6.18. The molecule has 2 aromatic carbocycles. The second-order valence-corrected chi connectivity index (χ2v) is 6.90. The molecule has 2 N–H and O–H groups in total. The lowest BCUT2D eigenvalue weighted by atomic mass is 10.0. The van der Waals surface area contributed by atoms with Crippen molar-refractivity contribution in [1.29, 1.82) is 0 Å². The summed E-state index contributed by atoms with van der Waals surface area (Å²) in [5, 5.41) is 2.02. The van der Waals surface area contributed by atoms with Crippen LogP contribution in [0, 0.1) is 11.8 Å². The van der Waals surface area contributed by atoms with Crippen LogP contribution in [0.15, 0.2) is 36.4 Å². The molecule has 0 saturated carbocycles. The van der Waals surface area contributed by atoms with Crippen LogP contribution in [0.2, 0.25) is 0 Å². The number of nitrogens with two attached hydrogens (primary N) is 1. The van der Waals surface area contributed by atoms with Crippen molar-refractivity contribution < 1.29 is 13.2 Å². The van der Waals surface area contributed by atoms with Crippen molar-refractivity contribution in [3.05, 3.63) is 42.0 Å². The van der Waals surface area contributed by atoms with Gasteiger partial charge in [0.2, 0.25) is 0 Å². The smallest absolute Gasteiger partial charge is 0.150 e. The molecule has 0 aromatic heterocycles. The van der Waals surface area contributed by atoms with Gasteiger partial charge < -0.3 is 10.5 Å². The topological polar surface area (TPSA) is 69.4 Å². The van der Waals surface area contributed by atoms with Crippen LogP contribution < -0.4 is 10.5 Å². The summed E-state index contributed by atoms with van der Waals surface area (Å²) in [6.45, 7) is 0.362. The zero-order chi connectivity index (χ0) is 15.3. The molecule has 0 aliphatic carbocycles. The van der Waals surface area contributed by atoms with E-state index in [1.807, 2.05) is 36.4 Å². The van der Waals surface area contributed by atoms with Crippen molar-refractivity contribution in [3.63, 3.8) is 0 Å². The lowest BCUT2D eigenvalue weighted by molar-refractivity contribution is 0.340. The van der Waals surface area contributed by atoms with Gasteiger partial charge in [-0.1, -0.05) is 42.2 Å². The summed E-state index contributed by atoms with van der Waals surface area (Å²) in [7, 11) is -3.05. The van der Waals surface area contributed by atoms with Crippen molar-refractivity contribution in [1.82, 2.24) is 0 Å². The summed E-state index contributed by atoms with van der Waals surface area (Å²) in [5.74, 6) is 6.39. The van der Waals surface area contributed by atoms with Crippen LogP contribution in [0.25, 0.3) is 10.8 Å². The van der Waals surface area contributed by atoms with E-state index in [1.54, 1.807) is 0 Å². The van der Waals surface area contributed by atoms with Gasteiger partial charge in [-0.25, -0.2) is 8.42 Å². The first-order valence-corrected chi connectivity index (χ1v) is 8.58. The molecular formula is C16H17NO3S. The number of hydrogen-bond acceptors (Lipinski definition) is 4. The summed E-state index contributed by atoms with van der Waals surface area (Å²) in [6.07, 6.45) is 1.19. The molecule has 0 unspecified atom stereocenters. The molecule has 21 heavy (non-hydrogen) atoms. The first kappa shape index (κ1) is 15.4. The standard InChI is InChI=1S/C16H17NO3S/c1-21(18,19)12-11-20-16-9-8-13-5-2-3-6-14(13)15(16)7-4-10-17/h2-3,5-6,8-9H,10-12,17H2,1H3. The number of fused-ring (bicyclic) bond motifs is 1. The zero-order valence-corrected chi connectivity index (χ0v) is 12.6. The SMILES string of the molecule is CS(=O)(=O)CCOc1ccc2ccccc2c1C#CCN. The Kier molecular flexibility index (Phi) is 4.84. The first-order valence-electron chi connectivity index (χ1n) is 6.52. The average molecular weight is 303 g/mol. The van der Waals surface area contributed by atoms with Crippen LogP contribution in [0.4, 0.5) is 0 Å². The number of hydrogen-bond donors (Lipinski definition) is 1. The van der Waals surface area contributed by atoms with E-state index in [1.165, 1.54) is 6.26 Å². The summed E-state index contributed by atoms with van der Waals surface area (Å²) < 4.78 is 27.9. The lowest BCUT2D eigenvalue weighted by Gasteiger charge is -2.10. The molecular weight excluding hydrogens is 286 g/mol. The molecule has 0 bridgehead atoms. The van der Waals surface area contributed by atoms with Crippen LogP contribution >= 0.6 is 0 Å². The van der Waals surface area contributed by atoms with Gasteiger partial charge in [0.15, 0.2) is 9.84 Å². The highest BCUT2D eigenvalue weighted by molar-refractivity contribution is 7.90. The molecule has 4 nitrogen and oxygen atoms in total. The fraction of sp³-hybridized carbons (Fsp3) is 0.250. The maximum atomic E-state index is 11.2. The van der Waals surface area contributed by atoms with Gasteiger partial charge >= 0.3 is 0 Å². The first-order chi connectivity index (χ1) is 10.0. The highest BCUT2D eigenvalue weighted by atomic mass is 32.2. The minimum atomic E-state index is -3.05. The highest BCUT2D eigenvalue weighted by Gasteiger charge is 2.08. The van der Waals surface area contributed by atoms with E-state index < -0.39 is 9.84 Å². The minimum Gasteiger partial charge on any atom is -0.491 e. The second-order valence-electron chi connectivity index (χ2n) is 4.64. The molecule has 2 aromatic rings. The molecule has 110 valence electrons. The Balaban J connectivity index is 2.38. The Labute approximate surface area is 124 Å². The number of rotatable bonds is 4. The van der Waals surface area contributed by atoms with Crippen molar-refractivity contribution in [3.8, 4) is 17.6 Å². The predicted molar refractivity (Wildman–Crippen MR) is 85.1 cm³/mol. The van der Waals surface area contributed by atoms with Crippen molar-refractivity contribution in [2.45, 2.75) is 0 Å². The van der Waals surface area contributed by atoms with Crippen LogP contribution in [0.3, 0.4) is 0 Å². The minimum absolute atomic E-state index is 0.0242. The average Bonchev–Trinajstić information content (AvgIpc) is 2.44. The Morgan fingerprint density at radius 3 is 2.67 bits per heavy atom. The van der Waals surface area contributed by atoms with Crippen LogP contribution in [-0.2, 0) is 9.84 Å². The number of ether oxygens (including phenoxy) is 1. The zero-order valence-electron chi connectivity index (χ0n) is 11.8. The number of benzene rings is 2. The van der Waals surface area contributed by atoms with E-state index in [0.29, 0.717) is 5.75 Å². The molecule has 0 atom stereocenters. The third kappa shape index (κ3) is 4.22. The fourth-order valence-electron chi connectivity index (χ4n) is 1.94. The molecule has 0 heterocycles. The Hall–Kier alpha value is -2.03. The van der Waals surface area contributed by atoms with Gasteiger partial charge in [-0.2, -0.15) is 0 Å². The third-order valence-electron chi connectivity index (χ3n) is 2.92. The largest absolute Gasteiger partial charge is 0.491 e. The van der Waals surface area contributed by atoms with Gasteiger partial charge in [-0.15, -0.1) is 0 Å². The van der Waals surface area contributed by atoms with Gasteiger partial charge in [0.1, 0.15) is 12.4 Å². The molecule has 5 heteroatoms. The molecule has 0 spiro atoms. The quantitative estimate of drug-likeness (QED) is 0.871. The van der Waals surface area contributed by atoms with Crippen LogP contribution in [0.1, 0.15) is 5.56 Å². The Morgan fingerprint density at radius 2 is 1.95 bits per heavy atom. The van der Waals surface area contributed by atoms with Gasteiger partial charge in [-0.05, 0) is 11.5 Å². The van der Waals surface area contributed by atoms with E-state index in [2.05, 4.69) is 11.8 Å². The molecule has 2 rings (SSSR count). The summed E-state index contributed by atoms with van der Waals surface area (Å²) >= 11 is 0. The summed E-state index contributed by atoms with van der Waals surface area (Å²) in [4.78, 5) is 0. The van der Waals surface area contributed by atoms with Crippen LogP contribution in [0.5, 0.6) is 5.75 Å². The monoisotopic (exact) mass is 303 g/mol. The Morgan fingerprint density at radius 1 is 1.19 bits per heavy atom. The fourth-order valence-corrected chi connectivity index (χ4v) is 2.33. The third-order valence-corrected chi connectivity index (χ3v) is 3.83. The number of sulfone groups is 1. The predicted octanol–water partition coefficient (Wildman–Crippen LogP) is 1.57. The van der Waals surface area contributed by atoms with E-state index in [4.69, 9.17) is 10.5 Å². The normalized spacial score (nSPS) is 11.0. The highest BCUT2D eigenvalue weighted by Crippen LogP contribution is 2.27. The van der Waals surface area contributed by atoms with Gasteiger partial charge in [0.25, 0.3) is 0 Å². The van der Waals surface area contributed by atoms with Crippen molar-refractivity contribution >= 4 is 20.6 Å². The van der Waals surface area contributed by atoms with Gasteiger partial charge in [-0.3, -0.25) is 0 Å². The van der Waals surface area contributed by atoms with Gasteiger partial charge in [0, 0.05) is 11.6 Å². The molecule has 0 radical (unpaired) electrons. The maximum Gasteiger partial charge on any atom is 0.150 e. The van der Waals surface area contributed by atoms with Crippen molar-refractivity contribution in [2.24, 2.45) is 5.73 Å². The molecule has 0 aliphatic rings. The maximum absolute atomic E-state index is 11.2. The molecule has 0 fully saturated rings. The molecule has 0 saturated heterocycles. The van der Waals surface area contributed by atoms with Crippen molar-refractivity contribution in [2.75, 3.05) is 25.2 Å².